The lowest BCUT2D eigenvalue weighted by molar-refractivity contribution is 0.171. The Morgan fingerprint density at radius 3 is 3.12 bits per heavy atom. The highest BCUT2D eigenvalue weighted by Gasteiger charge is 2.28. The Hall–Kier alpha value is -1.13. The summed E-state index contributed by atoms with van der Waals surface area (Å²) in [5.74, 6) is 0.659. The fourth-order valence-electron chi connectivity index (χ4n) is 1.78. The van der Waals surface area contributed by atoms with Crippen molar-refractivity contribution in [2.45, 2.75) is 25.4 Å². The van der Waals surface area contributed by atoms with Crippen molar-refractivity contribution in [2.24, 2.45) is 0 Å². The Balaban J connectivity index is 1.93. The quantitative estimate of drug-likeness (QED) is 0.835. The van der Waals surface area contributed by atoms with E-state index in [9.17, 15) is 0 Å². The van der Waals surface area contributed by atoms with Crippen LogP contribution in [-0.2, 0) is 11.3 Å². The van der Waals surface area contributed by atoms with Gasteiger partial charge in [0.2, 0.25) is 5.88 Å². The molecular formula is C12H18N2O2. The molecule has 1 aromatic rings. The highest BCUT2D eigenvalue weighted by Crippen LogP contribution is 2.18. The van der Waals surface area contributed by atoms with Gasteiger partial charge in [0, 0.05) is 24.8 Å². The molecule has 1 atom stereocenters. The van der Waals surface area contributed by atoms with Crippen molar-refractivity contribution >= 4 is 0 Å². The first-order chi connectivity index (χ1) is 7.72. The van der Waals surface area contributed by atoms with Gasteiger partial charge in [0.05, 0.1) is 19.4 Å². The van der Waals surface area contributed by atoms with Crippen LogP contribution in [0.15, 0.2) is 18.2 Å². The molecular weight excluding hydrogens is 204 g/mol. The average molecular weight is 222 g/mol. The van der Waals surface area contributed by atoms with Crippen molar-refractivity contribution in [2.75, 3.05) is 20.3 Å². The molecule has 0 aliphatic carbocycles. The maximum Gasteiger partial charge on any atom is 0.213 e. The van der Waals surface area contributed by atoms with E-state index in [1.54, 1.807) is 7.11 Å². The Morgan fingerprint density at radius 1 is 1.56 bits per heavy atom. The molecule has 88 valence electrons. The molecule has 0 amide bonds. The second-order valence-corrected chi connectivity index (χ2v) is 4.39. The molecule has 1 unspecified atom stereocenters. The molecule has 1 aliphatic rings. The van der Waals surface area contributed by atoms with Crippen LogP contribution in [0, 0.1) is 0 Å². The minimum atomic E-state index is 0.0881. The Labute approximate surface area is 96.0 Å². The maximum absolute atomic E-state index is 5.39. The van der Waals surface area contributed by atoms with Crippen molar-refractivity contribution < 1.29 is 9.47 Å². The topological polar surface area (TPSA) is 43.4 Å². The molecule has 4 heteroatoms. The number of aromatic nitrogens is 1. The van der Waals surface area contributed by atoms with E-state index in [2.05, 4.69) is 17.2 Å². The van der Waals surface area contributed by atoms with Crippen LogP contribution in [0.4, 0.5) is 0 Å². The first-order valence-corrected chi connectivity index (χ1v) is 5.55. The summed E-state index contributed by atoms with van der Waals surface area (Å²) in [5.41, 5.74) is 1.08. The molecule has 0 spiro atoms. The van der Waals surface area contributed by atoms with Gasteiger partial charge in [-0.2, -0.15) is 0 Å². The third-order valence-electron chi connectivity index (χ3n) is 2.91. The van der Waals surface area contributed by atoms with E-state index in [0.717, 1.165) is 31.9 Å². The highest BCUT2D eigenvalue weighted by molar-refractivity contribution is 5.15. The second-order valence-electron chi connectivity index (χ2n) is 4.39. The Bertz CT molecular complexity index is 349. The van der Waals surface area contributed by atoms with E-state index >= 15 is 0 Å². The van der Waals surface area contributed by atoms with Gasteiger partial charge in [0.15, 0.2) is 0 Å². The minimum absolute atomic E-state index is 0.0881. The third kappa shape index (κ3) is 2.71. The third-order valence-corrected chi connectivity index (χ3v) is 2.91. The molecule has 0 aromatic carbocycles. The van der Waals surface area contributed by atoms with Gasteiger partial charge in [-0.25, -0.2) is 4.98 Å². The van der Waals surface area contributed by atoms with Crippen LogP contribution < -0.4 is 10.1 Å². The lowest BCUT2D eigenvalue weighted by Crippen LogP contribution is -2.42. The maximum atomic E-state index is 5.39. The van der Waals surface area contributed by atoms with Gasteiger partial charge in [-0.1, -0.05) is 6.07 Å². The average Bonchev–Trinajstić information content (AvgIpc) is 2.75. The zero-order valence-corrected chi connectivity index (χ0v) is 9.82. The van der Waals surface area contributed by atoms with Gasteiger partial charge in [0.1, 0.15) is 0 Å². The lowest BCUT2D eigenvalue weighted by Gasteiger charge is -2.23. The van der Waals surface area contributed by atoms with Crippen LogP contribution in [0.3, 0.4) is 0 Å². The monoisotopic (exact) mass is 222 g/mol. The van der Waals surface area contributed by atoms with Crippen molar-refractivity contribution in [3.05, 3.63) is 23.9 Å². The van der Waals surface area contributed by atoms with Gasteiger partial charge in [-0.15, -0.1) is 0 Å². The van der Waals surface area contributed by atoms with Crippen LogP contribution in [0.25, 0.3) is 0 Å². The van der Waals surface area contributed by atoms with E-state index in [4.69, 9.17) is 9.47 Å². The van der Waals surface area contributed by atoms with E-state index in [0.29, 0.717) is 5.88 Å². The van der Waals surface area contributed by atoms with E-state index in [1.807, 2.05) is 18.2 Å². The van der Waals surface area contributed by atoms with E-state index < -0.39 is 0 Å². The first kappa shape index (κ1) is 11.4. The van der Waals surface area contributed by atoms with Crippen molar-refractivity contribution in [3.8, 4) is 5.88 Å². The molecule has 1 fully saturated rings. The van der Waals surface area contributed by atoms with E-state index in [-0.39, 0.29) is 5.54 Å². The molecule has 1 aromatic heterocycles. The summed E-state index contributed by atoms with van der Waals surface area (Å²) < 4.78 is 10.5. The van der Waals surface area contributed by atoms with Crippen LogP contribution >= 0.6 is 0 Å². The smallest absolute Gasteiger partial charge is 0.213 e. The summed E-state index contributed by atoms with van der Waals surface area (Å²) in [4.78, 5) is 4.36. The summed E-state index contributed by atoms with van der Waals surface area (Å²) in [7, 11) is 1.63. The molecule has 2 heterocycles. The Morgan fingerprint density at radius 2 is 2.44 bits per heavy atom. The van der Waals surface area contributed by atoms with Gasteiger partial charge < -0.3 is 14.8 Å². The SMILES string of the molecule is COc1cccc(CNC2(C)CCOC2)n1. The summed E-state index contributed by atoms with van der Waals surface area (Å²) in [6.45, 7) is 4.54. The molecule has 0 saturated carbocycles. The Kier molecular flexibility index (Phi) is 3.41. The van der Waals surface area contributed by atoms with Crippen molar-refractivity contribution in [1.82, 2.24) is 10.3 Å². The number of methoxy groups -OCH3 is 1. The minimum Gasteiger partial charge on any atom is -0.481 e. The number of ether oxygens (including phenoxy) is 2. The fourth-order valence-corrected chi connectivity index (χ4v) is 1.78. The predicted molar refractivity (Wildman–Crippen MR) is 61.5 cm³/mol. The first-order valence-electron chi connectivity index (χ1n) is 5.55. The fraction of sp³-hybridized carbons (Fsp3) is 0.583. The van der Waals surface area contributed by atoms with Crippen LogP contribution in [0.1, 0.15) is 19.0 Å². The number of nitrogens with one attached hydrogen (secondary N) is 1. The van der Waals surface area contributed by atoms with Gasteiger partial charge in [-0.3, -0.25) is 0 Å². The standard InChI is InChI=1S/C12H18N2O2/c1-12(6-7-16-9-12)13-8-10-4-3-5-11(14-10)15-2/h3-5,13H,6-9H2,1-2H3. The second kappa shape index (κ2) is 4.80. The molecule has 2 rings (SSSR count). The molecule has 1 N–H and O–H groups in total. The van der Waals surface area contributed by atoms with Crippen molar-refractivity contribution in [1.29, 1.82) is 0 Å². The zero-order valence-electron chi connectivity index (χ0n) is 9.82. The van der Waals surface area contributed by atoms with Crippen LogP contribution in [0.5, 0.6) is 5.88 Å². The van der Waals surface area contributed by atoms with Crippen LogP contribution in [0.2, 0.25) is 0 Å². The van der Waals surface area contributed by atoms with E-state index in [1.165, 1.54) is 0 Å². The lowest BCUT2D eigenvalue weighted by atomic mass is 10.0. The van der Waals surface area contributed by atoms with Crippen molar-refractivity contribution in [3.63, 3.8) is 0 Å². The summed E-state index contributed by atoms with van der Waals surface area (Å²) in [5, 5.41) is 3.48. The number of hydrogen-bond donors (Lipinski definition) is 1. The predicted octanol–water partition coefficient (Wildman–Crippen LogP) is 1.36. The number of pyridine rings is 1. The number of hydrogen-bond acceptors (Lipinski definition) is 4. The summed E-state index contributed by atoms with van der Waals surface area (Å²) in [6, 6.07) is 5.80. The normalized spacial score (nSPS) is 24.6. The largest absolute Gasteiger partial charge is 0.481 e. The van der Waals surface area contributed by atoms with Gasteiger partial charge in [-0.05, 0) is 19.4 Å². The molecule has 4 nitrogen and oxygen atoms in total. The molecule has 16 heavy (non-hydrogen) atoms. The number of rotatable bonds is 4. The van der Waals surface area contributed by atoms with Crippen LogP contribution in [-0.4, -0.2) is 30.8 Å². The summed E-state index contributed by atoms with van der Waals surface area (Å²) >= 11 is 0. The summed E-state index contributed by atoms with van der Waals surface area (Å²) in [6.07, 6.45) is 1.05. The number of nitrogens with zero attached hydrogens (tertiary/aromatic N) is 1. The molecule has 0 bridgehead atoms. The highest BCUT2D eigenvalue weighted by atomic mass is 16.5. The van der Waals surface area contributed by atoms with Gasteiger partial charge in [0.25, 0.3) is 0 Å². The van der Waals surface area contributed by atoms with Gasteiger partial charge >= 0.3 is 0 Å². The molecule has 1 aliphatic heterocycles. The zero-order chi connectivity index (χ0) is 11.4. The molecule has 1 saturated heterocycles. The molecule has 0 radical (unpaired) electrons.